The molecule has 0 amide bonds. The molecule has 0 N–H and O–H groups in total. The highest BCUT2D eigenvalue weighted by atomic mass is 16.5. The average Bonchev–Trinajstić information content (AvgIpc) is 3.43. The summed E-state index contributed by atoms with van der Waals surface area (Å²) in [5.41, 5.74) is 2.41. The molecule has 1 heterocycles. The second-order valence-corrected chi connectivity index (χ2v) is 8.36. The predicted molar refractivity (Wildman–Crippen MR) is 140 cm³/mol. The van der Waals surface area contributed by atoms with Gasteiger partial charge in [-0.1, -0.05) is 42.5 Å². The standard InChI is InChI=1S/C30H29NO7/c1-4-36-25-13-9-8-12-23(25)28(32)24(30(33)35-3)17-22-19-38-29(31-22)21-14-15-26(34-2)27(16-21)37-18-20-10-6-5-7-11-20/h5-16,19,24H,4,17-18H2,1-3H3. The molecule has 1 atom stereocenters. The number of rotatable bonds is 12. The third kappa shape index (κ3) is 6.21. The highest BCUT2D eigenvalue weighted by Gasteiger charge is 2.32. The lowest BCUT2D eigenvalue weighted by Crippen LogP contribution is -2.28. The smallest absolute Gasteiger partial charge is 0.316 e. The van der Waals surface area contributed by atoms with Crippen molar-refractivity contribution >= 4 is 11.8 Å². The second kappa shape index (κ2) is 12.6. The first-order valence-corrected chi connectivity index (χ1v) is 12.2. The summed E-state index contributed by atoms with van der Waals surface area (Å²) >= 11 is 0. The summed E-state index contributed by atoms with van der Waals surface area (Å²) in [6, 6.07) is 21.9. The zero-order valence-corrected chi connectivity index (χ0v) is 21.5. The molecule has 0 bridgehead atoms. The zero-order chi connectivity index (χ0) is 26.9. The van der Waals surface area contributed by atoms with Gasteiger partial charge in [0.1, 0.15) is 24.5 Å². The number of methoxy groups -OCH3 is 2. The maximum absolute atomic E-state index is 13.4. The molecule has 4 aromatic rings. The van der Waals surface area contributed by atoms with Crippen molar-refractivity contribution in [1.82, 2.24) is 4.98 Å². The minimum absolute atomic E-state index is 0.00296. The number of hydrogen-bond acceptors (Lipinski definition) is 8. The van der Waals surface area contributed by atoms with E-state index in [0.29, 0.717) is 53.2 Å². The van der Waals surface area contributed by atoms with Crippen LogP contribution in [-0.4, -0.2) is 37.6 Å². The molecule has 0 radical (unpaired) electrons. The molecule has 196 valence electrons. The number of Topliss-reactive ketones (excluding diaryl/α,β-unsaturated/α-hetero) is 1. The van der Waals surface area contributed by atoms with Crippen LogP contribution in [0, 0.1) is 5.92 Å². The molecular weight excluding hydrogens is 486 g/mol. The fourth-order valence-electron chi connectivity index (χ4n) is 3.96. The van der Waals surface area contributed by atoms with E-state index in [1.807, 2.05) is 37.3 Å². The Labute approximate surface area is 221 Å². The Bertz CT molecular complexity index is 1380. The van der Waals surface area contributed by atoms with Crippen LogP contribution in [0.15, 0.2) is 83.5 Å². The lowest BCUT2D eigenvalue weighted by Gasteiger charge is -2.15. The van der Waals surface area contributed by atoms with E-state index in [1.54, 1.807) is 49.6 Å². The maximum atomic E-state index is 13.4. The van der Waals surface area contributed by atoms with Gasteiger partial charge >= 0.3 is 5.97 Å². The van der Waals surface area contributed by atoms with Crippen molar-refractivity contribution < 1.29 is 33.0 Å². The first kappa shape index (κ1) is 26.5. The van der Waals surface area contributed by atoms with Crippen molar-refractivity contribution in [3.63, 3.8) is 0 Å². The van der Waals surface area contributed by atoms with Crippen molar-refractivity contribution in [2.75, 3.05) is 20.8 Å². The minimum atomic E-state index is -1.11. The third-order valence-electron chi connectivity index (χ3n) is 5.87. The molecule has 0 aliphatic rings. The Hall–Kier alpha value is -4.59. The fourth-order valence-corrected chi connectivity index (χ4v) is 3.96. The van der Waals surface area contributed by atoms with Gasteiger partial charge in [-0.25, -0.2) is 4.98 Å². The maximum Gasteiger partial charge on any atom is 0.316 e. The number of hydrogen-bond donors (Lipinski definition) is 0. The largest absolute Gasteiger partial charge is 0.493 e. The van der Waals surface area contributed by atoms with Gasteiger partial charge in [-0.3, -0.25) is 9.59 Å². The number of benzene rings is 3. The lowest BCUT2D eigenvalue weighted by atomic mass is 9.93. The quantitative estimate of drug-likeness (QED) is 0.138. The Morgan fingerprint density at radius 3 is 2.39 bits per heavy atom. The molecule has 38 heavy (non-hydrogen) atoms. The molecule has 4 rings (SSSR count). The number of ether oxygens (including phenoxy) is 4. The normalized spacial score (nSPS) is 11.4. The van der Waals surface area contributed by atoms with Crippen LogP contribution in [0.4, 0.5) is 0 Å². The van der Waals surface area contributed by atoms with Crippen molar-refractivity contribution in [3.05, 3.63) is 95.9 Å². The highest BCUT2D eigenvalue weighted by molar-refractivity contribution is 6.10. The van der Waals surface area contributed by atoms with E-state index in [0.717, 1.165) is 5.56 Å². The zero-order valence-electron chi connectivity index (χ0n) is 21.5. The molecule has 1 aromatic heterocycles. The monoisotopic (exact) mass is 515 g/mol. The van der Waals surface area contributed by atoms with Crippen LogP contribution in [0.25, 0.3) is 11.5 Å². The molecule has 0 spiro atoms. The number of carbonyl (C=O) groups is 2. The molecule has 0 aliphatic heterocycles. The van der Waals surface area contributed by atoms with Crippen molar-refractivity contribution in [2.45, 2.75) is 20.0 Å². The molecular formula is C30H29NO7. The Balaban J connectivity index is 1.55. The number of carbonyl (C=O) groups excluding carboxylic acids is 2. The van der Waals surface area contributed by atoms with Gasteiger partial charge in [-0.05, 0) is 42.8 Å². The predicted octanol–water partition coefficient (Wildman–Crippen LogP) is 5.54. The van der Waals surface area contributed by atoms with Crippen LogP contribution >= 0.6 is 0 Å². The van der Waals surface area contributed by atoms with Crippen molar-refractivity contribution in [1.29, 1.82) is 0 Å². The van der Waals surface area contributed by atoms with Gasteiger partial charge in [0.2, 0.25) is 5.89 Å². The van der Waals surface area contributed by atoms with Crippen LogP contribution in [-0.2, 0) is 22.6 Å². The summed E-state index contributed by atoms with van der Waals surface area (Å²) in [5.74, 6) is -0.350. The first-order valence-electron chi connectivity index (χ1n) is 12.2. The number of para-hydroxylation sites is 1. The van der Waals surface area contributed by atoms with E-state index in [4.69, 9.17) is 23.4 Å². The number of oxazole rings is 1. The van der Waals surface area contributed by atoms with Crippen LogP contribution in [0.5, 0.6) is 17.2 Å². The van der Waals surface area contributed by atoms with Gasteiger partial charge in [0, 0.05) is 12.0 Å². The van der Waals surface area contributed by atoms with Gasteiger partial charge in [-0.2, -0.15) is 0 Å². The van der Waals surface area contributed by atoms with E-state index >= 15 is 0 Å². The van der Waals surface area contributed by atoms with Crippen molar-refractivity contribution in [3.8, 4) is 28.7 Å². The molecule has 0 saturated carbocycles. The van der Waals surface area contributed by atoms with Gasteiger partial charge < -0.3 is 23.4 Å². The number of ketones is 1. The van der Waals surface area contributed by atoms with Crippen LogP contribution in [0.1, 0.15) is 28.5 Å². The lowest BCUT2D eigenvalue weighted by molar-refractivity contribution is -0.143. The van der Waals surface area contributed by atoms with E-state index in [9.17, 15) is 9.59 Å². The Kier molecular flexibility index (Phi) is 8.77. The van der Waals surface area contributed by atoms with E-state index in [1.165, 1.54) is 13.4 Å². The summed E-state index contributed by atoms with van der Waals surface area (Å²) in [6.07, 6.45) is 1.44. The fraction of sp³-hybridized carbons (Fsp3) is 0.233. The van der Waals surface area contributed by atoms with Gasteiger partial charge in [-0.15, -0.1) is 0 Å². The van der Waals surface area contributed by atoms with Crippen LogP contribution in [0.3, 0.4) is 0 Å². The third-order valence-corrected chi connectivity index (χ3v) is 5.87. The van der Waals surface area contributed by atoms with Gasteiger partial charge in [0.05, 0.1) is 32.1 Å². The Morgan fingerprint density at radius 2 is 1.66 bits per heavy atom. The summed E-state index contributed by atoms with van der Waals surface area (Å²) in [6.45, 7) is 2.58. The molecule has 3 aromatic carbocycles. The molecule has 0 aliphatic carbocycles. The minimum Gasteiger partial charge on any atom is -0.493 e. The summed E-state index contributed by atoms with van der Waals surface area (Å²) in [7, 11) is 2.82. The average molecular weight is 516 g/mol. The second-order valence-electron chi connectivity index (χ2n) is 8.36. The van der Waals surface area contributed by atoms with E-state index in [-0.39, 0.29) is 6.42 Å². The van der Waals surface area contributed by atoms with Crippen LogP contribution < -0.4 is 14.2 Å². The molecule has 0 saturated heterocycles. The summed E-state index contributed by atoms with van der Waals surface area (Å²) in [5, 5.41) is 0. The molecule has 0 fully saturated rings. The molecule has 8 nitrogen and oxygen atoms in total. The van der Waals surface area contributed by atoms with Gasteiger partial charge in [0.25, 0.3) is 0 Å². The molecule has 1 unspecified atom stereocenters. The summed E-state index contributed by atoms with van der Waals surface area (Å²) < 4.78 is 27.7. The van der Waals surface area contributed by atoms with Crippen LogP contribution in [0.2, 0.25) is 0 Å². The number of esters is 1. The van der Waals surface area contributed by atoms with E-state index in [2.05, 4.69) is 4.98 Å². The highest BCUT2D eigenvalue weighted by Crippen LogP contribution is 2.33. The van der Waals surface area contributed by atoms with Crippen molar-refractivity contribution in [2.24, 2.45) is 5.92 Å². The Morgan fingerprint density at radius 1 is 0.895 bits per heavy atom. The van der Waals surface area contributed by atoms with Gasteiger partial charge in [0.15, 0.2) is 17.3 Å². The summed E-state index contributed by atoms with van der Waals surface area (Å²) in [4.78, 5) is 30.5. The number of aromatic nitrogens is 1. The molecule has 8 heteroatoms. The SMILES string of the molecule is CCOc1ccccc1C(=O)C(Cc1coc(-c2ccc(OC)c(OCc3ccccc3)c2)n1)C(=O)OC. The van der Waals surface area contributed by atoms with E-state index < -0.39 is 17.7 Å². The number of nitrogens with zero attached hydrogens (tertiary/aromatic N) is 1. The first-order chi connectivity index (χ1) is 18.5. The topological polar surface area (TPSA) is 97.1 Å².